The molecule has 1 aliphatic carbocycles. The highest BCUT2D eigenvalue weighted by molar-refractivity contribution is 5.92. The lowest BCUT2D eigenvalue weighted by atomic mass is 9.92. The number of nitrogens with zero attached hydrogens (tertiary/aromatic N) is 2. The number of hydrogen-bond acceptors (Lipinski definition) is 3. The normalized spacial score (nSPS) is 20.9. The molecule has 1 saturated heterocycles. The minimum atomic E-state index is -0.0672. The molecule has 26 heavy (non-hydrogen) atoms. The summed E-state index contributed by atoms with van der Waals surface area (Å²) in [5, 5.41) is 11.0. The molecular formula is C20H27ClN4O. The second-order valence-electron chi connectivity index (χ2n) is 7.46. The van der Waals surface area contributed by atoms with E-state index in [-0.39, 0.29) is 23.7 Å². The first-order chi connectivity index (χ1) is 12.2. The second-order valence-corrected chi connectivity index (χ2v) is 7.46. The van der Waals surface area contributed by atoms with Gasteiger partial charge in [0.25, 0.3) is 5.91 Å². The summed E-state index contributed by atoms with van der Waals surface area (Å²) in [7, 11) is 0. The summed E-state index contributed by atoms with van der Waals surface area (Å²) in [5.74, 6) is -0.0672. The van der Waals surface area contributed by atoms with Gasteiger partial charge in [-0.2, -0.15) is 5.10 Å². The highest BCUT2D eigenvalue weighted by Gasteiger charge is 2.45. The quantitative estimate of drug-likeness (QED) is 0.845. The van der Waals surface area contributed by atoms with Gasteiger partial charge >= 0.3 is 0 Å². The Morgan fingerprint density at radius 1 is 1.35 bits per heavy atom. The van der Waals surface area contributed by atoms with Crippen molar-refractivity contribution in [3.63, 3.8) is 0 Å². The molecule has 1 amide bonds. The molecule has 5 nitrogen and oxygen atoms in total. The molecule has 2 aliphatic rings. The molecule has 1 atom stereocenters. The summed E-state index contributed by atoms with van der Waals surface area (Å²) >= 11 is 0. The minimum absolute atomic E-state index is 0. The first kappa shape index (κ1) is 18.9. The second kappa shape index (κ2) is 7.80. The number of aromatic nitrogens is 2. The smallest absolute Gasteiger partial charge is 0.271 e. The molecule has 1 aromatic heterocycles. The van der Waals surface area contributed by atoms with Gasteiger partial charge in [0.1, 0.15) is 5.69 Å². The largest absolute Gasteiger partial charge is 0.350 e. The van der Waals surface area contributed by atoms with Gasteiger partial charge in [0.15, 0.2) is 0 Å². The number of halogens is 1. The predicted octanol–water partition coefficient (Wildman–Crippen LogP) is 3.00. The number of carbonyl (C=O) groups excluding carboxylic acids is 1. The van der Waals surface area contributed by atoms with Crippen LogP contribution in [0.4, 0.5) is 0 Å². The summed E-state index contributed by atoms with van der Waals surface area (Å²) < 4.78 is 1.94. The first-order valence-electron chi connectivity index (χ1n) is 9.28. The Kier molecular flexibility index (Phi) is 5.68. The summed E-state index contributed by atoms with van der Waals surface area (Å²) in [4.78, 5) is 12.5. The average Bonchev–Trinajstić information content (AvgIpc) is 3.26. The van der Waals surface area contributed by atoms with Crippen LogP contribution in [-0.2, 0) is 5.41 Å². The molecule has 1 saturated carbocycles. The van der Waals surface area contributed by atoms with Gasteiger partial charge < -0.3 is 10.6 Å². The van der Waals surface area contributed by atoms with Crippen LogP contribution in [-0.4, -0.2) is 35.3 Å². The van der Waals surface area contributed by atoms with Gasteiger partial charge in [-0.05, 0) is 56.3 Å². The van der Waals surface area contributed by atoms with Crippen LogP contribution in [0.3, 0.4) is 0 Å². The van der Waals surface area contributed by atoms with E-state index < -0.39 is 0 Å². The van der Waals surface area contributed by atoms with Crippen molar-refractivity contribution in [2.45, 2.75) is 44.1 Å². The molecule has 6 heteroatoms. The fourth-order valence-electron chi connectivity index (χ4n) is 3.92. The van der Waals surface area contributed by atoms with Crippen LogP contribution in [0, 0.1) is 6.92 Å². The molecule has 0 spiro atoms. The third kappa shape index (κ3) is 3.79. The molecule has 2 N–H and O–H groups in total. The van der Waals surface area contributed by atoms with Gasteiger partial charge in [0.2, 0.25) is 0 Å². The number of aryl methyl sites for hydroxylation is 1. The molecule has 2 fully saturated rings. The number of benzene rings is 1. The van der Waals surface area contributed by atoms with E-state index in [0.29, 0.717) is 18.3 Å². The van der Waals surface area contributed by atoms with Crippen LogP contribution in [0.15, 0.2) is 36.5 Å². The minimum Gasteiger partial charge on any atom is -0.350 e. The lowest BCUT2D eigenvalue weighted by Gasteiger charge is -2.23. The van der Waals surface area contributed by atoms with E-state index in [4.69, 9.17) is 0 Å². The van der Waals surface area contributed by atoms with E-state index in [9.17, 15) is 4.79 Å². The van der Waals surface area contributed by atoms with E-state index >= 15 is 0 Å². The van der Waals surface area contributed by atoms with E-state index in [0.717, 1.165) is 38.8 Å². The van der Waals surface area contributed by atoms with E-state index in [1.807, 2.05) is 16.9 Å². The summed E-state index contributed by atoms with van der Waals surface area (Å²) in [6, 6.07) is 10.7. The van der Waals surface area contributed by atoms with Gasteiger partial charge in [-0.25, -0.2) is 0 Å². The van der Waals surface area contributed by atoms with Crippen molar-refractivity contribution in [1.29, 1.82) is 0 Å². The Labute approximate surface area is 161 Å². The molecule has 1 unspecified atom stereocenters. The molecule has 1 aromatic carbocycles. The van der Waals surface area contributed by atoms with Crippen molar-refractivity contribution in [3.8, 4) is 0 Å². The Hall–Kier alpha value is -1.85. The average molecular weight is 375 g/mol. The number of rotatable bonds is 5. The van der Waals surface area contributed by atoms with Gasteiger partial charge in [0, 0.05) is 24.7 Å². The maximum atomic E-state index is 12.5. The Morgan fingerprint density at radius 3 is 2.85 bits per heavy atom. The number of amides is 1. The zero-order chi connectivity index (χ0) is 17.3. The predicted molar refractivity (Wildman–Crippen MR) is 105 cm³/mol. The van der Waals surface area contributed by atoms with E-state index in [1.54, 1.807) is 0 Å². The SMILES string of the molecule is Cc1ccccc1C1(CNC(=O)c2ccn(C3CCCNC3)n2)CC1.Cl. The molecule has 140 valence electrons. The summed E-state index contributed by atoms with van der Waals surface area (Å²) in [6.07, 6.45) is 6.48. The fourth-order valence-corrected chi connectivity index (χ4v) is 3.92. The topological polar surface area (TPSA) is 59.0 Å². The van der Waals surface area contributed by atoms with E-state index in [1.165, 1.54) is 11.1 Å². The molecule has 2 aromatic rings. The fraction of sp³-hybridized carbons (Fsp3) is 0.500. The third-order valence-corrected chi connectivity index (χ3v) is 5.64. The lowest BCUT2D eigenvalue weighted by Crippen LogP contribution is -2.34. The van der Waals surface area contributed by atoms with Crippen molar-refractivity contribution in [2.75, 3.05) is 19.6 Å². The van der Waals surface area contributed by atoms with Crippen LogP contribution in [0.2, 0.25) is 0 Å². The van der Waals surface area contributed by atoms with Gasteiger partial charge in [-0.15, -0.1) is 12.4 Å². The third-order valence-electron chi connectivity index (χ3n) is 5.64. The zero-order valence-electron chi connectivity index (χ0n) is 15.2. The number of nitrogens with one attached hydrogen (secondary N) is 2. The van der Waals surface area contributed by atoms with Crippen LogP contribution in [0.25, 0.3) is 0 Å². The molecule has 4 rings (SSSR count). The summed E-state index contributed by atoms with van der Waals surface area (Å²) in [5.41, 5.74) is 3.32. The number of carbonyl (C=O) groups is 1. The molecule has 2 heterocycles. The lowest BCUT2D eigenvalue weighted by molar-refractivity contribution is 0.0943. The van der Waals surface area contributed by atoms with E-state index in [2.05, 4.69) is 46.9 Å². The van der Waals surface area contributed by atoms with Crippen LogP contribution >= 0.6 is 12.4 Å². The highest BCUT2D eigenvalue weighted by atomic mass is 35.5. The molecular weight excluding hydrogens is 348 g/mol. The van der Waals surface area contributed by atoms with Gasteiger partial charge in [-0.3, -0.25) is 9.48 Å². The molecule has 0 radical (unpaired) electrons. The Morgan fingerprint density at radius 2 is 2.15 bits per heavy atom. The van der Waals surface area contributed by atoms with Crippen molar-refractivity contribution in [3.05, 3.63) is 53.3 Å². The monoisotopic (exact) mass is 374 g/mol. The van der Waals surface area contributed by atoms with Crippen LogP contribution in [0.1, 0.15) is 53.3 Å². The van der Waals surface area contributed by atoms with Crippen molar-refractivity contribution < 1.29 is 4.79 Å². The maximum Gasteiger partial charge on any atom is 0.271 e. The highest BCUT2D eigenvalue weighted by Crippen LogP contribution is 2.48. The van der Waals surface area contributed by atoms with Crippen LogP contribution in [0.5, 0.6) is 0 Å². The van der Waals surface area contributed by atoms with Crippen molar-refractivity contribution in [1.82, 2.24) is 20.4 Å². The summed E-state index contributed by atoms with van der Waals surface area (Å²) in [6.45, 7) is 4.84. The number of piperidine rings is 1. The van der Waals surface area contributed by atoms with Gasteiger partial charge in [0.05, 0.1) is 6.04 Å². The first-order valence-corrected chi connectivity index (χ1v) is 9.28. The van der Waals surface area contributed by atoms with Crippen molar-refractivity contribution in [2.24, 2.45) is 0 Å². The zero-order valence-corrected chi connectivity index (χ0v) is 16.0. The molecule has 1 aliphatic heterocycles. The van der Waals surface area contributed by atoms with Crippen LogP contribution < -0.4 is 10.6 Å². The Bertz CT molecular complexity index is 763. The molecule has 0 bridgehead atoms. The number of hydrogen-bond donors (Lipinski definition) is 2. The standard InChI is InChI=1S/C20H26N4O.ClH/c1-15-5-2-3-7-17(15)20(9-10-20)14-22-19(25)18-8-12-24(23-18)16-6-4-11-21-13-16;/h2-3,5,7-8,12,16,21H,4,6,9-11,13-14H2,1H3,(H,22,25);1H. The van der Waals surface area contributed by atoms with Gasteiger partial charge in [-0.1, -0.05) is 24.3 Å². The Balaban J connectivity index is 0.00000196. The maximum absolute atomic E-state index is 12.5. The van der Waals surface area contributed by atoms with Crippen molar-refractivity contribution >= 4 is 18.3 Å².